The highest BCUT2D eigenvalue weighted by atomic mass is 19.2. The van der Waals surface area contributed by atoms with Crippen LogP contribution in [0.15, 0.2) is 12.1 Å². The summed E-state index contributed by atoms with van der Waals surface area (Å²) in [7, 11) is 0. The minimum absolute atomic E-state index is 0.0482. The average molecular weight is 267 g/mol. The lowest BCUT2D eigenvalue weighted by molar-refractivity contribution is 0.0679. The Morgan fingerprint density at radius 1 is 1.32 bits per heavy atom. The summed E-state index contributed by atoms with van der Waals surface area (Å²) in [5.74, 6) is -2.65. The first-order valence-electron chi connectivity index (χ1n) is 5.37. The number of aromatic carboxylic acids is 1. The maximum Gasteiger partial charge on any atom is 0.336 e. The van der Waals surface area contributed by atoms with E-state index in [1.54, 1.807) is 6.92 Å². The van der Waals surface area contributed by atoms with E-state index in [1.165, 1.54) is 0 Å². The molecule has 0 saturated carbocycles. The van der Waals surface area contributed by atoms with Gasteiger partial charge in [0.1, 0.15) is 0 Å². The van der Waals surface area contributed by atoms with Gasteiger partial charge in [0.15, 0.2) is 11.6 Å². The number of hydrogen-bond acceptors (Lipinski definition) is 2. The summed E-state index contributed by atoms with van der Waals surface area (Å²) in [6.07, 6.45) is 5.08. The van der Waals surface area contributed by atoms with Gasteiger partial charge in [-0.15, -0.1) is 6.42 Å². The van der Waals surface area contributed by atoms with Crippen LogP contribution in [0.4, 0.5) is 8.78 Å². The second kappa shape index (κ2) is 5.96. The highest BCUT2D eigenvalue weighted by Crippen LogP contribution is 2.17. The molecular weight excluding hydrogens is 256 g/mol. The highest BCUT2D eigenvalue weighted by molar-refractivity contribution is 6.04. The molecule has 0 fully saturated rings. The summed E-state index contributed by atoms with van der Waals surface area (Å²) in [6.45, 7) is 1.81. The van der Waals surface area contributed by atoms with Crippen molar-refractivity contribution in [2.24, 2.45) is 0 Å². The number of rotatable bonds is 4. The van der Waals surface area contributed by atoms with Crippen LogP contribution in [0.3, 0.4) is 0 Å². The third-order valence-electron chi connectivity index (χ3n) is 2.47. The summed E-state index contributed by atoms with van der Waals surface area (Å²) >= 11 is 0. The fourth-order valence-electron chi connectivity index (χ4n) is 1.51. The standard InChI is InChI=1S/C13H11F2NO3/c1-3-5-16(4-2)12(17)8-6-10(14)11(15)7-9(8)13(18)19/h1,6-7H,4-5H2,2H3,(H,18,19). The van der Waals surface area contributed by atoms with Crippen LogP contribution >= 0.6 is 0 Å². The van der Waals surface area contributed by atoms with Crippen molar-refractivity contribution in [2.75, 3.05) is 13.1 Å². The van der Waals surface area contributed by atoms with Crippen LogP contribution in [0.5, 0.6) is 0 Å². The zero-order valence-electron chi connectivity index (χ0n) is 10.1. The number of benzene rings is 1. The monoisotopic (exact) mass is 267 g/mol. The van der Waals surface area contributed by atoms with E-state index in [1.807, 2.05) is 0 Å². The van der Waals surface area contributed by atoms with Crippen LogP contribution in [0.2, 0.25) is 0 Å². The molecule has 1 N–H and O–H groups in total. The van der Waals surface area contributed by atoms with Gasteiger partial charge in [0.05, 0.1) is 17.7 Å². The van der Waals surface area contributed by atoms with Crippen molar-refractivity contribution in [3.63, 3.8) is 0 Å². The molecule has 4 nitrogen and oxygen atoms in total. The van der Waals surface area contributed by atoms with E-state index in [0.29, 0.717) is 12.1 Å². The second-order valence-corrected chi connectivity index (χ2v) is 3.64. The van der Waals surface area contributed by atoms with Crippen LogP contribution < -0.4 is 0 Å². The lowest BCUT2D eigenvalue weighted by atomic mass is 10.1. The number of carboxylic acid groups (broad SMARTS) is 1. The van der Waals surface area contributed by atoms with Crippen molar-refractivity contribution < 1.29 is 23.5 Å². The van der Waals surface area contributed by atoms with E-state index in [0.717, 1.165) is 4.90 Å². The molecule has 0 unspecified atom stereocenters. The van der Waals surface area contributed by atoms with E-state index in [9.17, 15) is 18.4 Å². The van der Waals surface area contributed by atoms with Crippen LogP contribution in [-0.2, 0) is 0 Å². The van der Waals surface area contributed by atoms with Gasteiger partial charge >= 0.3 is 5.97 Å². The molecule has 100 valence electrons. The Labute approximate surface area is 108 Å². The summed E-state index contributed by atoms with van der Waals surface area (Å²) < 4.78 is 26.2. The summed E-state index contributed by atoms with van der Waals surface area (Å²) in [5.41, 5.74) is -1.03. The molecule has 0 spiro atoms. The van der Waals surface area contributed by atoms with Crippen molar-refractivity contribution in [3.8, 4) is 12.3 Å². The van der Waals surface area contributed by atoms with Crippen molar-refractivity contribution in [3.05, 3.63) is 34.9 Å². The Morgan fingerprint density at radius 2 is 1.84 bits per heavy atom. The Kier molecular flexibility index (Phi) is 4.59. The van der Waals surface area contributed by atoms with Gasteiger partial charge in [0.2, 0.25) is 0 Å². The van der Waals surface area contributed by atoms with Crippen molar-refractivity contribution in [1.29, 1.82) is 0 Å². The number of nitrogens with zero attached hydrogens (tertiary/aromatic N) is 1. The van der Waals surface area contributed by atoms with Gasteiger partial charge in [0.25, 0.3) is 5.91 Å². The largest absolute Gasteiger partial charge is 0.478 e. The fraction of sp³-hybridized carbons (Fsp3) is 0.231. The first-order valence-corrected chi connectivity index (χ1v) is 5.37. The number of amides is 1. The summed E-state index contributed by atoms with van der Waals surface area (Å²) in [4.78, 5) is 24.1. The molecule has 1 aromatic rings. The molecule has 0 aliphatic heterocycles. The Balaban J connectivity index is 3.33. The van der Waals surface area contributed by atoms with Crippen LogP contribution in [0, 0.1) is 24.0 Å². The predicted octanol–water partition coefficient (Wildman–Crippen LogP) is 1.76. The van der Waals surface area contributed by atoms with E-state index < -0.39 is 34.6 Å². The molecule has 0 aliphatic carbocycles. The molecule has 0 saturated heterocycles. The Morgan fingerprint density at radius 3 is 2.26 bits per heavy atom. The molecule has 0 atom stereocenters. The van der Waals surface area contributed by atoms with E-state index in [2.05, 4.69) is 5.92 Å². The van der Waals surface area contributed by atoms with Gasteiger partial charge in [-0.25, -0.2) is 13.6 Å². The normalized spacial score (nSPS) is 9.79. The molecule has 1 aromatic carbocycles. The Hall–Kier alpha value is -2.42. The highest BCUT2D eigenvalue weighted by Gasteiger charge is 2.23. The summed E-state index contributed by atoms with van der Waals surface area (Å²) in [5, 5.41) is 8.91. The van der Waals surface area contributed by atoms with E-state index >= 15 is 0 Å². The molecular formula is C13H11F2NO3. The van der Waals surface area contributed by atoms with Gasteiger partial charge in [-0.05, 0) is 19.1 Å². The summed E-state index contributed by atoms with van der Waals surface area (Å²) in [6, 6.07) is 1.05. The number of carbonyl (C=O) groups excluding carboxylic acids is 1. The van der Waals surface area contributed by atoms with Gasteiger partial charge < -0.3 is 10.0 Å². The SMILES string of the molecule is C#CCN(CC)C(=O)c1cc(F)c(F)cc1C(=O)O. The maximum absolute atomic E-state index is 13.2. The smallest absolute Gasteiger partial charge is 0.336 e. The topological polar surface area (TPSA) is 57.6 Å². The van der Waals surface area contributed by atoms with Crippen LogP contribution in [0.1, 0.15) is 27.6 Å². The van der Waals surface area contributed by atoms with Crippen LogP contribution in [0.25, 0.3) is 0 Å². The van der Waals surface area contributed by atoms with Gasteiger partial charge in [-0.3, -0.25) is 4.79 Å². The Bertz CT molecular complexity index is 564. The van der Waals surface area contributed by atoms with Crippen molar-refractivity contribution >= 4 is 11.9 Å². The van der Waals surface area contributed by atoms with Gasteiger partial charge in [0, 0.05) is 6.54 Å². The molecule has 1 amide bonds. The number of carbonyl (C=O) groups is 2. The van der Waals surface area contributed by atoms with E-state index in [4.69, 9.17) is 11.5 Å². The molecule has 0 radical (unpaired) electrons. The molecule has 19 heavy (non-hydrogen) atoms. The zero-order valence-corrected chi connectivity index (χ0v) is 10.1. The number of hydrogen-bond donors (Lipinski definition) is 1. The van der Waals surface area contributed by atoms with Crippen molar-refractivity contribution in [2.45, 2.75) is 6.92 Å². The zero-order chi connectivity index (χ0) is 14.6. The number of carboxylic acids is 1. The molecule has 6 heteroatoms. The molecule has 0 bridgehead atoms. The van der Waals surface area contributed by atoms with Crippen LogP contribution in [-0.4, -0.2) is 35.0 Å². The average Bonchev–Trinajstić information content (AvgIpc) is 2.37. The predicted molar refractivity (Wildman–Crippen MR) is 63.7 cm³/mol. The minimum atomic E-state index is -1.51. The lowest BCUT2D eigenvalue weighted by Crippen LogP contribution is -2.32. The quantitative estimate of drug-likeness (QED) is 0.846. The third kappa shape index (κ3) is 3.07. The third-order valence-corrected chi connectivity index (χ3v) is 2.47. The minimum Gasteiger partial charge on any atom is -0.478 e. The fourth-order valence-corrected chi connectivity index (χ4v) is 1.51. The van der Waals surface area contributed by atoms with Gasteiger partial charge in [-0.1, -0.05) is 5.92 Å². The maximum atomic E-state index is 13.2. The molecule has 1 rings (SSSR count). The molecule has 0 aromatic heterocycles. The molecule has 0 heterocycles. The first-order chi connectivity index (χ1) is 8.92. The van der Waals surface area contributed by atoms with Gasteiger partial charge in [-0.2, -0.15) is 0 Å². The van der Waals surface area contributed by atoms with Crippen molar-refractivity contribution in [1.82, 2.24) is 4.90 Å². The van der Waals surface area contributed by atoms with E-state index in [-0.39, 0.29) is 13.1 Å². The molecule has 0 aliphatic rings. The number of terminal acetylenes is 1. The number of halogens is 2. The second-order valence-electron chi connectivity index (χ2n) is 3.64. The lowest BCUT2D eigenvalue weighted by Gasteiger charge is -2.19. The first kappa shape index (κ1) is 14.6.